The van der Waals surface area contributed by atoms with Crippen molar-refractivity contribution >= 4 is 29.8 Å². The number of carbonyl (C=O) groups is 1. The maximum Gasteiger partial charge on any atom is 0.265 e. The number of fused-ring (bicyclic) bond motifs is 1. The van der Waals surface area contributed by atoms with Gasteiger partial charge in [0.05, 0.1) is 11.3 Å². The number of hydrogen-bond acceptors (Lipinski definition) is 4. The summed E-state index contributed by atoms with van der Waals surface area (Å²) >= 11 is 1.45. The summed E-state index contributed by atoms with van der Waals surface area (Å²) in [4.78, 5) is 16.9. The van der Waals surface area contributed by atoms with Crippen LogP contribution in [-0.4, -0.2) is 34.8 Å². The minimum atomic E-state index is -0.433. The maximum absolute atomic E-state index is 12.4. The van der Waals surface area contributed by atoms with E-state index in [2.05, 4.69) is 4.99 Å². The van der Waals surface area contributed by atoms with E-state index >= 15 is 0 Å². The largest absolute Gasteiger partial charge is 0.321 e. The van der Waals surface area contributed by atoms with Crippen molar-refractivity contribution in [2.45, 2.75) is 25.3 Å². The van der Waals surface area contributed by atoms with Gasteiger partial charge in [-0.3, -0.25) is 14.1 Å². The minimum absolute atomic E-state index is 0.0147. The number of para-hydroxylation sites is 1. The van der Waals surface area contributed by atoms with Crippen LogP contribution in [0.3, 0.4) is 0 Å². The summed E-state index contributed by atoms with van der Waals surface area (Å²) in [6.07, 6.45) is 5.35. The highest BCUT2D eigenvalue weighted by molar-refractivity contribution is 7.96. The maximum atomic E-state index is 12.4. The Hall–Kier alpha value is -1.33. The van der Waals surface area contributed by atoms with E-state index in [9.17, 15) is 4.79 Å². The Labute approximate surface area is 118 Å². The van der Waals surface area contributed by atoms with Gasteiger partial charge in [-0.2, -0.15) is 0 Å². The van der Waals surface area contributed by atoms with Crippen LogP contribution in [0, 0.1) is 0 Å². The fourth-order valence-corrected chi connectivity index (χ4v) is 2.64. The van der Waals surface area contributed by atoms with Crippen LogP contribution >= 0.6 is 11.9 Å². The molecule has 1 amide bonds. The summed E-state index contributed by atoms with van der Waals surface area (Å²) in [7, 11) is 0. The van der Waals surface area contributed by atoms with Gasteiger partial charge in [0, 0.05) is 24.6 Å². The summed E-state index contributed by atoms with van der Waals surface area (Å²) in [6.45, 7) is 2.67. The van der Waals surface area contributed by atoms with Gasteiger partial charge in [0.25, 0.3) is 5.91 Å². The van der Waals surface area contributed by atoms with E-state index in [0.29, 0.717) is 17.8 Å². The Morgan fingerprint density at radius 2 is 2.16 bits per heavy atom. The number of nitrogens with zero attached hydrogens (tertiary/aromatic N) is 2. The predicted octanol–water partition coefficient (Wildman–Crippen LogP) is 2.62. The van der Waals surface area contributed by atoms with Crippen LogP contribution in [0.1, 0.15) is 30.1 Å². The van der Waals surface area contributed by atoms with Crippen LogP contribution in [0.5, 0.6) is 0 Å². The highest BCUT2D eigenvalue weighted by Crippen LogP contribution is 2.25. The van der Waals surface area contributed by atoms with Crippen molar-refractivity contribution in [2.24, 2.45) is 10.7 Å². The molecule has 0 bridgehead atoms. The second kappa shape index (κ2) is 5.75. The molecule has 2 N–H and O–H groups in total. The Kier molecular flexibility index (Phi) is 4.27. The molecule has 0 aromatic heterocycles. The highest BCUT2D eigenvalue weighted by Gasteiger charge is 2.22. The first-order valence-electron chi connectivity index (χ1n) is 6.32. The molecule has 1 atom stereocenters. The smallest absolute Gasteiger partial charge is 0.265 e. The molecule has 19 heavy (non-hydrogen) atoms. The average molecular weight is 277 g/mol. The molecule has 1 unspecified atom stereocenters. The van der Waals surface area contributed by atoms with E-state index < -0.39 is 5.54 Å². The zero-order valence-electron chi connectivity index (χ0n) is 11.3. The van der Waals surface area contributed by atoms with E-state index in [1.165, 1.54) is 11.9 Å². The Morgan fingerprint density at radius 1 is 1.42 bits per heavy atom. The molecule has 0 saturated carbocycles. The first-order chi connectivity index (χ1) is 9.03. The van der Waals surface area contributed by atoms with Crippen LogP contribution in [0.25, 0.3) is 0 Å². The van der Waals surface area contributed by atoms with E-state index in [1.54, 1.807) is 10.5 Å². The molecule has 1 aromatic carbocycles. The first kappa shape index (κ1) is 14.1. The second-order valence-corrected chi connectivity index (χ2v) is 5.78. The fourth-order valence-electron chi connectivity index (χ4n) is 2.06. The number of rotatable bonds is 1. The summed E-state index contributed by atoms with van der Waals surface area (Å²) in [5, 5.41) is 0. The van der Waals surface area contributed by atoms with Gasteiger partial charge in [-0.25, -0.2) is 0 Å². The molecule has 0 aliphatic carbocycles. The molecule has 0 fully saturated rings. The molecular formula is C14H19N3OS. The number of carbonyl (C=O) groups excluding carboxylic acids is 1. The van der Waals surface area contributed by atoms with Gasteiger partial charge >= 0.3 is 0 Å². The monoisotopic (exact) mass is 277 g/mol. The standard InChI is InChI=1S/C14H19N3OS/c1-14(15)8-5-9-17(19-2)13(18)11-6-3-4-7-12(11)16-10-14/h3-4,6-7,10H,5,8-9,15H2,1-2H3. The number of aliphatic imine (C=N–C) groups is 1. The molecule has 1 aliphatic heterocycles. The molecule has 0 saturated heterocycles. The third-order valence-electron chi connectivity index (χ3n) is 3.16. The third-order valence-corrected chi connectivity index (χ3v) is 3.95. The first-order valence-corrected chi connectivity index (χ1v) is 7.51. The van der Waals surface area contributed by atoms with E-state index in [1.807, 2.05) is 37.4 Å². The highest BCUT2D eigenvalue weighted by atomic mass is 32.2. The van der Waals surface area contributed by atoms with Crippen molar-refractivity contribution in [3.8, 4) is 0 Å². The van der Waals surface area contributed by atoms with Gasteiger partial charge in [-0.1, -0.05) is 24.1 Å². The van der Waals surface area contributed by atoms with Crippen LogP contribution in [0.15, 0.2) is 29.3 Å². The second-order valence-electron chi connectivity index (χ2n) is 4.97. The Balaban J connectivity index is 2.45. The fraction of sp³-hybridized carbons (Fsp3) is 0.429. The minimum Gasteiger partial charge on any atom is -0.321 e. The molecule has 4 nitrogen and oxygen atoms in total. The number of amides is 1. The van der Waals surface area contributed by atoms with Crippen molar-refractivity contribution in [2.75, 3.05) is 12.8 Å². The number of hydrogen-bond donors (Lipinski definition) is 1. The molecule has 0 radical (unpaired) electrons. The van der Waals surface area contributed by atoms with Crippen molar-refractivity contribution in [1.82, 2.24) is 4.31 Å². The Bertz CT molecular complexity index is 499. The normalized spacial score (nSPS) is 24.2. The topological polar surface area (TPSA) is 58.7 Å². The van der Waals surface area contributed by atoms with Gasteiger partial charge < -0.3 is 5.73 Å². The predicted molar refractivity (Wildman–Crippen MR) is 81.0 cm³/mol. The van der Waals surface area contributed by atoms with Crippen molar-refractivity contribution in [1.29, 1.82) is 0 Å². The van der Waals surface area contributed by atoms with E-state index in [4.69, 9.17) is 5.73 Å². The average Bonchev–Trinajstić information content (AvgIpc) is 2.40. The molecule has 2 rings (SSSR count). The van der Waals surface area contributed by atoms with Crippen molar-refractivity contribution < 1.29 is 4.79 Å². The van der Waals surface area contributed by atoms with Gasteiger partial charge in [0.15, 0.2) is 0 Å². The van der Waals surface area contributed by atoms with Crippen LogP contribution in [0.4, 0.5) is 5.69 Å². The lowest BCUT2D eigenvalue weighted by molar-refractivity contribution is 0.0870. The summed E-state index contributed by atoms with van der Waals surface area (Å²) in [6, 6.07) is 7.40. The van der Waals surface area contributed by atoms with Crippen molar-refractivity contribution in [3.05, 3.63) is 29.8 Å². The van der Waals surface area contributed by atoms with E-state index in [0.717, 1.165) is 12.8 Å². The molecule has 1 aromatic rings. The summed E-state index contributed by atoms with van der Waals surface area (Å²) in [5.41, 5.74) is 7.07. The lowest BCUT2D eigenvalue weighted by atomic mass is 9.98. The zero-order valence-corrected chi connectivity index (χ0v) is 12.1. The molecule has 0 spiro atoms. The van der Waals surface area contributed by atoms with E-state index in [-0.39, 0.29) is 5.91 Å². The zero-order chi connectivity index (χ0) is 13.9. The number of benzene rings is 1. The molecule has 1 aliphatic rings. The van der Waals surface area contributed by atoms with Crippen LogP contribution in [0.2, 0.25) is 0 Å². The lowest BCUT2D eigenvalue weighted by Gasteiger charge is -2.25. The molecular weight excluding hydrogens is 258 g/mol. The summed E-state index contributed by atoms with van der Waals surface area (Å²) in [5.74, 6) is 0.0147. The van der Waals surface area contributed by atoms with Gasteiger partial charge in [0.1, 0.15) is 0 Å². The van der Waals surface area contributed by atoms with Gasteiger partial charge in [-0.05, 0) is 31.9 Å². The molecule has 1 heterocycles. The van der Waals surface area contributed by atoms with Crippen LogP contribution < -0.4 is 5.73 Å². The van der Waals surface area contributed by atoms with Crippen molar-refractivity contribution in [3.63, 3.8) is 0 Å². The molecule has 102 valence electrons. The number of nitrogens with two attached hydrogens (primary N) is 1. The SMILES string of the molecule is CSN1CCCC(C)(N)C=Nc2ccccc2C1=O. The summed E-state index contributed by atoms with van der Waals surface area (Å²) < 4.78 is 1.77. The molecule has 5 heteroatoms. The van der Waals surface area contributed by atoms with Crippen LogP contribution in [-0.2, 0) is 0 Å². The lowest BCUT2D eigenvalue weighted by Crippen LogP contribution is -2.39. The Morgan fingerprint density at radius 3 is 2.89 bits per heavy atom. The van der Waals surface area contributed by atoms with Gasteiger partial charge in [0.2, 0.25) is 0 Å². The van der Waals surface area contributed by atoms with Gasteiger partial charge in [-0.15, -0.1) is 0 Å². The quantitative estimate of drug-likeness (QED) is 0.803. The third kappa shape index (κ3) is 3.36.